The Morgan fingerprint density at radius 2 is 1.96 bits per heavy atom. The van der Waals surface area contributed by atoms with Crippen molar-refractivity contribution in [3.63, 3.8) is 0 Å². The van der Waals surface area contributed by atoms with E-state index in [9.17, 15) is 9.59 Å². The molecule has 1 aromatic heterocycles. The van der Waals surface area contributed by atoms with Gasteiger partial charge in [-0.2, -0.15) is 0 Å². The first-order chi connectivity index (χ1) is 13.4. The summed E-state index contributed by atoms with van der Waals surface area (Å²) in [6.45, 7) is 6.02. The third-order valence-electron chi connectivity index (χ3n) is 3.94. The van der Waals surface area contributed by atoms with Gasteiger partial charge in [0, 0.05) is 22.8 Å². The van der Waals surface area contributed by atoms with Gasteiger partial charge in [-0.25, -0.2) is 0 Å². The van der Waals surface area contributed by atoms with Gasteiger partial charge in [0.25, 0.3) is 0 Å². The van der Waals surface area contributed by atoms with Gasteiger partial charge in [0.05, 0.1) is 18.1 Å². The summed E-state index contributed by atoms with van der Waals surface area (Å²) in [6, 6.07) is 5.39. The molecule has 0 radical (unpaired) electrons. The molecule has 152 valence electrons. The Balaban J connectivity index is 1.57. The molecule has 28 heavy (non-hydrogen) atoms. The van der Waals surface area contributed by atoms with Gasteiger partial charge in [0.1, 0.15) is 11.5 Å². The van der Waals surface area contributed by atoms with Crippen LogP contribution in [0.15, 0.2) is 22.7 Å². The lowest BCUT2D eigenvalue weighted by Gasteiger charge is -2.10. The van der Waals surface area contributed by atoms with Crippen molar-refractivity contribution in [2.75, 3.05) is 12.4 Å². The number of carbonyl (C=O) groups is 2. The number of carbonyl (C=O) groups excluding carboxylic acids is 2. The standard InChI is InChI=1S/C19H24ClN3O4S/c1-12-9-15(20)6-7-17(12)26-8-4-5-18(24)21-22-19(25)11-28-10-16-13(2)23-27-14(16)3/h6-7,9H,4-5,8,10-11H2,1-3H3,(H,21,24)(H,22,25). The molecule has 0 unspecified atom stereocenters. The van der Waals surface area contributed by atoms with Crippen LogP contribution >= 0.6 is 23.4 Å². The molecule has 0 saturated heterocycles. The van der Waals surface area contributed by atoms with Gasteiger partial charge in [-0.15, -0.1) is 11.8 Å². The van der Waals surface area contributed by atoms with Gasteiger partial charge in [-0.05, 0) is 51.0 Å². The second kappa shape index (κ2) is 11.0. The Morgan fingerprint density at radius 3 is 2.64 bits per heavy atom. The van der Waals surface area contributed by atoms with Gasteiger partial charge >= 0.3 is 0 Å². The van der Waals surface area contributed by atoms with E-state index in [1.807, 2.05) is 26.8 Å². The zero-order valence-corrected chi connectivity index (χ0v) is 17.7. The van der Waals surface area contributed by atoms with E-state index in [1.165, 1.54) is 11.8 Å². The molecule has 0 aliphatic carbocycles. The number of amides is 2. The SMILES string of the molecule is Cc1cc(Cl)ccc1OCCCC(=O)NNC(=O)CSCc1c(C)noc1C. The van der Waals surface area contributed by atoms with Crippen molar-refractivity contribution < 1.29 is 18.8 Å². The molecule has 2 amide bonds. The molecular formula is C19H24ClN3O4S. The molecule has 7 nitrogen and oxygen atoms in total. The Hall–Kier alpha value is -2.19. The summed E-state index contributed by atoms with van der Waals surface area (Å²) >= 11 is 7.33. The molecule has 0 aliphatic heterocycles. The first-order valence-electron chi connectivity index (χ1n) is 8.83. The van der Waals surface area contributed by atoms with Gasteiger partial charge in [0.15, 0.2) is 0 Å². The van der Waals surface area contributed by atoms with Crippen molar-refractivity contribution in [2.45, 2.75) is 39.4 Å². The highest BCUT2D eigenvalue weighted by molar-refractivity contribution is 7.99. The smallest absolute Gasteiger partial charge is 0.248 e. The Kier molecular flexibility index (Phi) is 8.66. The summed E-state index contributed by atoms with van der Waals surface area (Å²) in [4.78, 5) is 23.6. The number of ether oxygens (including phenoxy) is 1. The van der Waals surface area contributed by atoms with Crippen LogP contribution in [0.1, 0.15) is 35.4 Å². The van der Waals surface area contributed by atoms with Crippen LogP contribution in [0.5, 0.6) is 5.75 Å². The molecule has 0 spiro atoms. The van der Waals surface area contributed by atoms with Crippen LogP contribution < -0.4 is 15.6 Å². The molecule has 2 rings (SSSR count). The number of nitrogens with zero attached hydrogens (tertiary/aromatic N) is 1. The molecule has 1 aromatic carbocycles. The zero-order chi connectivity index (χ0) is 20.5. The number of thioether (sulfide) groups is 1. The minimum absolute atomic E-state index is 0.225. The van der Waals surface area contributed by atoms with E-state index in [0.29, 0.717) is 23.8 Å². The van der Waals surface area contributed by atoms with Gasteiger partial charge < -0.3 is 9.26 Å². The third-order valence-corrected chi connectivity index (χ3v) is 5.14. The number of benzene rings is 1. The molecule has 0 atom stereocenters. The van der Waals surface area contributed by atoms with Crippen LogP contribution in [0, 0.1) is 20.8 Å². The topological polar surface area (TPSA) is 93.5 Å². The number of hydrogen-bond acceptors (Lipinski definition) is 6. The monoisotopic (exact) mass is 425 g/mol. The Morgan fingerprint density at radius 1 is 1.21 bits per heavy atom. The quantitative estimate of drug-likeness (QED) is 0.471. The van der Waals surface area contributed by atoms with Crippen LogP contribution in [0.2, 0.25) is 5.02 Å². The van der Waals surface area contributed by atoms with E-state index in [-0.39, 0.29) is 24.0 Å². The first kappa shape index (κ1) is 22.1. The number of aryl methyl sites for hydroxylation is 3. The molecular weight excluding hydrogens is 402 g/mol. The predicted octanol–water partition coefficient (Wildman–Crippen LogP) is 3.49. The summed E-state index contributed by atoms with van der Waals surface area (Å²) in [5.74, 6) is 1.83. The van der Waals surface area contributed by atoms with Gasteiger partial charge in [-0.3, -0.25) is 20.4 Å². The summed E-state index contributed by atoms with van der Waals surface area (Å²) < 4.78 is 10.7. The van der Waals surface area contributed by atoms with E-state index in [2.05, 4.69) is 16.0 Å². The minimum atomic E-state index is -0.266. The fourth-order valence-corrected chi connectivity index (χ4v) is 3.58. The van der Waals surface area contributed by atoms with Crippen molar-refractivity contribution in [1.29, 1.82) is 0 Å². The van der Waals surface area contributed by atoms with Crippen molar-refractivity contribution >= 4 is 35.2 Å². The maximum atomic E-state index is 11.8. The lowest BCUT2D eigenvalue weighted by molar-refractivity contribution is -0.127. The average molecular weight is 426 g/mol. The molecule has 9 heteroatoms. The number of hydrazine groups is 1. The molecule has 0 bridgehead atoms. The Bertz CT molecular complexity index is 806. The molecule has 0 aliphatic rings. The van der Waals surface area contributed by atoms with Crippen LogP contribution in [0.25, 0.3) is 0 Å². The average Bonchev–Trinajstić information content (AvgIpc) is 2.97. The maximum absolute atomic E-state index is 11.8. The zero-order valence-electron chi connectivity index (χ0n) is 16.1. The van der Waals surface area contributed by atoms with E-state index in [0.717, 1.165) is 28.3 Å². The van der Waals surface area contributed by atoms with E-state index in [1.54, 1.807) is 12.1 Å². The largest absolute Gasteiger partial charge is 0.493 e. The van der Waals surface area contributed by atoms with E-state index < -0.39 is 0 Å². The lowest BCUT2D eigenvalue weighted by atomic mass is 10.2. The minimum Gasteiger partial charge on any atom is -0.493 e. The molecule has 0 saturated carbocycles. The van der Waals surface area contributed by atoms with Gasteiger partial charge in [0.2, 0.25) is 11.8 Å². The fraction of sp³-hybridized carbons (Fsp3) is 0.421. The number of aromatic nitrogens is 1. The highest BCUT2D eigenvalue weighted by Crippen LogP contribution is 2.22. The number of rotatable bonds is 9. The fourth-order valence-electron chi connectivity index (χ4n) is 2.38. The van der Waals surface area contributed by atoms with Crippen molar-refractivity contribution in [3.05, 3.63) is 45.8 Å². The molecule has 2 aromatic rings. The number of halogens is 1. The predicted molar refractivity (Wildman–Crippen MR) is 109 cm³/mol. The second-order valence-electron chi connectivity index (χ2n) is 6.25. The maximum Gasteiger partial charge on any atom is 0.248 e. The lowest BCUT2D eigenvalue weighted by Crippen LogP contribution is -2.42. The van der Waals surface area contributed by atoms with Crippen molar-refractivity contribution in [3.8, 4) is 5.75 Å². The highest BCUT2D eigenvalue weighted by atomic mass is 35.5. The number of nitrogens with one attached hydrogen (secondary N) is 2. The molecule has 2 N–H and O–H groups in total. The van der Waals surface area contributed by atoms with Crippen molar-refractivity contribution in [2.24, 2.45) is 0 Å². The first-order valence-corrected chi connectivity index (χ1v) is 10.4. The van der Waals surface area contributed by atoms with Crippen molar-refractivity contribution in [1.82, 2.24) is 16.0 Å². The van der Waals surface area contributed by atoms with Crippen LogP contribution in [0.4, 0.5) is 0 Å². The highest BCUT2D eigenvalue weighted by Gasteiger charge is 2.10. The Labute approximate surface area is 173 Å². The number of hydrogen-bond donors (Lipinski definition) is 2. The van der Waals surface area contributed by atoms with Gasteiger partial charge in [-0.1, -0.05) is 16.8 Å². The van der Waals surface area contributed by atoms with E-state index in [4.69, 9.17) is 20.9 Å². The van der Waals surface area contributed by atoms with Crippen LogP contribution in [-0.2, 0) is 15.3 Å². The summed E-state index contributed by atoms with van der Waals surface area (Å²) in [7, 11) is 0. The summed E-state index contributed by atoms with van der Waals surface area (Å²) in [5, 5.41) is 4.53. The molecule has 1 heterocycles. The van der Waals surface area contributed by atoms with Crippen LogP contribution in [0.3, 0.4) is 0 Å². The molecule has 0 fully saturated rings. The second-order valence-corrected chi connectivity index (χ2v) is 7.68. The van der Waals surface area contributed by atoms with Crippen LogP contribution in [-0.4, -0.2) is 29.3 Å². The third kappa shape index (κ3) is 7.09. The summed E-state index contributed by atoms with van der Waals surface area (Å²) in [5.41, 5.74) is 7.59. The van der Waals surface area contributed by atoms with E-state index >= 15 is 0 Å². The normalized spacial score (nSPS) is 10.6. The summed E-state index contributed by atoms with van der Waals surface area (Å²) in [6.07, 6.45) is 0.781.